The molecular formula is C14H16BrNO. The highest BCUT2D eigenvalue weighted by molar-refractivity contribution is 9.10. The van der Waals surface area contributed by atoms with Gasteiger partial charge in [0.25, 0.3) is 0 Å². The van der Waals surface area contributed by atoms with Gasteiger partial charge in [0.15, 0.2) is 0 Å². The summed E-state index contributed by atoms with van der Waals surface area (Å²) in [5, 5.41) is 3.37. The molecule has 0 aliphatic carbocycles. The number of aryl methyl sites for hydroxylation is 1. The van der Waals surface area contributed by atoms with Crippen LogP contribution in [0.3, 0.4) is 0 Å². The Kier molecular flexibility index (Phi) is 4.40. The van der Waals surface area contributed by atoms with E-state index in [0.717, 1.165) is 35.5 Å². The van der Waals surface area contributed by atoms with Crippen LogP contribution in [0.4, 0.5) is 0 Å². The van der Waals surface area contributed by atoms with Gasteiger partial charge in [-0.05, 0) is 29.8 Å². The van der Waals surface area contributed by atoms with Crippen molar-refractivity contribution < 1.29 is 4.42 Å². The van der Waals surface area contributed by atoms with Crippen LogP contribution >= 0.6 is 15.9 Å². The number of rotatable bonds is 5. The number of halogens is 1. The van der Waals surface area contributed by atoms with Gasteiger partial charge in [0.1, 0.15) is 11.5 Å². The average molecular weight is 294 g/mol. The smallest absolute Gasteiger partial charge is 0.117 e. The third-order valence-corrected chi connectivity index (χ3v) is 3.14. The summed E-state index contributed by atoms with van der Waals surface area (Å²) in [6, 6.07) is 12.4. The van der Waals surface area contributed by atoms with E-state index in [1.807, 2.05) is 12.1 Å². The van der Waals surface area contributed by atoms with Crippen LogP contribution in [0.25, 0.3) is 0 Å². The lowest BCUT2D eigenvalue weighted by atomic mass is 10.2. The fourth-order valence-corrected chi connectivity index (χ4v) is 1.90. The van der Waals surface area contributed by atoms with Crippen LogP contribution in [-0.4, -0.2) is 0 Å². The number of hydrogen-bond acceptors (Lipinski definition) is 2. The predicted molar refractivity (Wildman–Crippen MR) is 72.8 cm³/mol. The van der Waals surface area contributed by atoms with E-state index in [0.29, 0.717) is 0 Å². The molecule has 0 radical (unpaired) electrons. The Hall–Kier alpha value is -1.06. The number of furan rings is 1. The summed E-state index contributed by atoms with van der Waals surface area (Å²) >= 11 is 3.43. The van der Waals surface area contributed by atoms with Crippen molar-refractivity contribution in [2.75, 3.05) is 0 Å². The molecule has 2 aromatic rings. The quantitative estimate of drug-likeness (QED) is 0.905. The Morgan fingerprint density at radius 1 is 1.00 bits per heavy atom. The van der Waals surface area contributed by atoms with Crippen molar-refractivity contribution >= 4 is 15.9 Å². The SMILES string of the molecule is CCc1ccc(CNCc2ccc(Br)cc2)o1. The van der Waals surface area contributed by atoms with Gasteiger partial charge in [-0.15, -0.1) is 0 Å². The van der Waals surface area contributed by atoms with E-state index < -0.39 is 0 Å². The maximum absolute atomic E-state index is 5.62. The van der Waals surface area contributed by atoms with Crippen LogP contribution in [-0.2, 0) is 19.5 Å². The van der Waals surface area contributed by atoms with Gasteiger partial charge in [0.2, 0.25) is 0 Å². The fourth-order valence-electron chi connectivity index (χ4n) is 1.64. The highest BCUT2D eigenvalue weighted by Crippen LogP contribution is 2.11. The van der Waals surface area contributed by atoms with Crippen LogP contribution in [0.5, 0.6) is 0 Å². The predicted octanol–water partition coefficient (Wildman–Crippen LogP) is 3.89. The Balaban J connectivity index is 1.81. The lowest BCUT2D eigenvalue weighted by Crippen LogP contribution is -2.11. The molecule has 2 nitrogen and oxygen atoms in total. The van der Waals surface area contributed by atoms with Gasteiger partial charge in [-0.2, -0.15) is 0 Å². The minimum absolute atomic E-state index is 0.774. The van der Waals surface area contributed by atoms with E-state index in [1.54, 1.807) is 0 Å². The van der Waals surface area contributed by atoms with Gasteiger partial charge >= 0.3 is 0 Å². The molecule has 0 fully saturated rings. The zero-order valence-electron chi connectivity index (χ0n) is 9.87. The van der Waals surface area contributed by atoms with Gasteiger partial charge in [0.05, 0.1) is 6.54 Å². The van der Waals surface area contributed by atoms with Gasteiger partial charge < -0.3 is 9.73 Å². The fraction of sp³-hybridized carbons (Fsp3) is 0.286. The molecule has 17 heavy (non-hydrogen) atoms. The monoisotopic (exact) mass is 293 g/mol. The summed E-state index contributed by atoms with van der Waals surface area (Å²) in [4.78, 5) is 0. The summed E-state index contributed by atoms with van der Waals surface area (Å²) in [5.74, 6) is 2.05. The Bertz CT molecular complexity index is 461. The molecule has 0 aliphatic heterocycles. The second-order valence-electron chi connectivity index (χ2n) is 3.95. The van der Waals surface area contributed by atoms with Crippen molar-refractivity contribution in [3.63, 3.8) is 0 Å². The third-order valence-electron chi connectivity index (χ3n) is 2.61. The summed E-state index contributed by atoms with van der Waals surface area (Å²) in [7, 11) is 0. The van der Waals surface area contributed by atoms with Crippen LogP contribution in [0.2, 0.25) is 0 Å². The largest absolute Gasteiger partial charge is 0.465 e. The molecule has 1 aromatic carbocycles. The first-order chi connectivity index (χ1) is 8.28. The molecule has 0 spiro atoms. The van der Waals surface area contributed by atoms with E-state index in [2.05, 4.69) is 52.4 Å². The zero-order valence-corrected chi connectivity index (χ0v) is 11.5. The molecule has 0 saturated carbocycles. The maximum atomic E-state index is 5.62. The van der Waals surface area contributed by atoms with Gasteiger partial charge in [-0.25, -0.2) is 0 Å². The number of hydrogen-bond donors (Lipinski definition) is 1. The first-order valence-electron chi connectivity index (χ1n) is 5.80. The van der Waals surface area contributed by atoms with E-state index in [9.17, 15) is 0 Å². The van der Waals surface area contributed by atoms with Crippen LogP contribution < -0.4 is 5.32 Å². The van der Waals surface area contributed by atoms with Crippen LogP contribution in [0.1, 0.15) is 24.0 Å². The maximum Gasteiger partial charge on any atom is 0.117 e. The molecule has 0 saturated heterocycles. The minimum atomic E-state index is 0.774. The van der Waals surface area contributed by atoms with Crippen molar-refractivity contribution in [1.29, 1.82) is 0 Å². The van der Waals surface area contributed by atoms with E-state index in [1.165, 1.54) is 5.56 Å². The molecule has 0 atom stereocenters. The van der Waals surface area contributed by atoms with E-state index >= 15 is 0 Å². The topological polar surface area (TPSA) is 25.2 Å². The Morgan fingerprint density at radius 2 is 1.71 bits per heavy atom. The molecule has 0 aliphatic rings. The number of nitrogens with one attached hydrogen (secondary N) is 1. The van der Waals surface area contributed by atoms with Crippen molar-refractivity contribution in [2.24, 2.45) is 0 Å². The van der Waals surface area contributed by atoms with Crippen molar-refractivity contribution in [3.05, 3.63) is 58.0 Å². The summed E-state index contributed by atoms with van der Waals surface area (Å²) < 4.78 is 6.73. The van der Waals surface area contributed by atoms with Crippen molar-refractivity contribution in [3.8, 4) is 0 Å². The van der Waals surface area contributed by atoms with E-state index in [-0.39, 0.29) is 0 Å². The summed E-state index contributed by atoms with van der Waals surface area (Å²) in [6.07, 6.45) is 0.951. The zero-order chi connectivity index (χ0) is 12.1. The normalized spacial score (nSPS) is 10.7. The second-order valence-corrected chi connectivity index (χ2v) is 4.87. The molecule has 0 unspecified atom stereocenters. The molecular weight excluding hydrogens is 278 g/mol. The first-order valence-corrected chi connectivity index (χ1v) is 6.60. The lowest BCUT2D eigenvalue weighted by Gasteiger charge is -2.03. The molecule has 3 heteroatoms. The van der Waals surface area contributed by atoms with Crippen molar-refractivity contribution in [1.82, 2.24) is 5.32 Å². The minimum Gasteiger partial charge on any atom is -0.465 e. The Labute approximate surface area is 110 Å². The lowest BCUT2D eigenvalue weighted by molar-refractivity contribution is 0.450. The molecule has 1 aromatic heterocycles. The van der Waals surface area contributed by atoms with Gasteiger partial charge in [0, 0.05) is 17.4 Å². The van der Waals surface area contributed by atoms with Gasteiger partial charge in [-0.1, -0.05) is 35.0 Å². The third kappa shape index (κ3) is 3.72. The van der Waals surface area contributed by atoms with Crippen LogP contribution in [0.15, 0.2) is 45.3 Å². The molecule has 1 heterocycles. The van der Waals surface area contributed by atoms with Crippen LogP contribution in [0, 0.1) is 0 Å². The van der Waals surface area contributed by atoms with Gasteiger partial charge in [-0.3, -0.25) is 0 Å². The standard InChI is InChI=1S/C14H16BrNO/c1-2-13-7-8-14(17-13)10-16-9-11-3-5-12(15)6-4-11/h3-8,16H,2,9-10H2,1H3. The average Bonchev–Trinajstić information content (AvgIpc) is 2.80. The molecule has 90 valence electrons. The van der Waals surface area contributed by atoms with Crippen molar-refractivity contribution in [2.45, 2.75) is 26.4 Å². The molecule has 0 bridgehead atoms. The first kappa shape index (κ1) is 12.4. The highest BCUT2D eigenvalue weighted by atomic mass is 79.9. The highest BCUT2D eigenvalue weighted by Gasteiger charge is 1.99. The van der Waals surface area contributed by atoms with E-state index in [4.69, 9.17) is 4.42 Å². The summed E-state index contributed by atoms with van der Waals surface area (Å²) in [6.45, 7) is 3.73. The Morgan fingerprint density at radius 3 is 2.35 bits per heavy atom. The molecule has 1 N–H and O–H groups in total. The summed E-state index contributed by atoms with van der Waals surface area (Å²) in [5.41, 5.74) is 1.27. The molecule has 2 rings (SSSR count). The second kappa shape index (κ2) is 6.03. The number of benzene rings is 1. The molecule has 0 amide bonds.